The lowest BCUT2D eigenvalue weighted by molar-refractivity contribution is 0.151. The van der Waals surface area contributed by atoms with Crippen LogP contribution in [-0.2, 0) is 9.84 Å². The zero-order valence-corrected chi connectivity index (χ0v) is 18.6. The number of sulfone groups is 1. The Morgan fingerprint density at radius 1 is 0.970 bits per heavy atom. The molecule has 0 atom stereocenters. The fraction of sp³-hybridized carbons (Fsp3) is 0.250. The molecule has 0 saturated carbocycles. The molecule has 1 fully saturated rings. The number of hydrogen-bond acceptors (Lipinski definition) is 6. The minimum atomic E-state index is -3.34. The molecule has 33 heavy (non-hydrogen) atoms. The van der Waals surface area contributed by atoms with Crippen LogP contribution in [0.5, 0.6) is 0 Å². The van der Waals surface area contributed by atoms with Crippen molar-refractivity contribution in [2.24, 2.45) is 0 Å². The summed E-state index contributed by atoms with van der Waals surface area (Å²) in [6.45, 7) is 1.43. The number of alkyl halides is 2. The third-order valence-electron chi connectivity index (χ3n) is 5.47. The van der Waals surface area contributed by atoms with E-state index in [0.29, 0.717) is 53.6 Å². The predicted molar refractivity (Wildman–Crippen MR) is 125 cm³/mol. The molecule has 1 aliphatic rings. The number of anilines is 2. The highest BCUT2D eigenvalue weighted by atomic mass is 32.2. The van der Waals surface area contributed by atoms with Crippen molar-refractivity contribution in [1.29, 1.82) is 0 Å². The van der Waals surface area contributed by atoms with E-state index in [-0.39, 0.29) is 10.8 Å². The van der Waals surface area contributed by atoms with E-state index >= 15 is 0 Å². The molecule has 4 rings (SSSR count). The summed E-state index contributed by atoms with van der Waals surface area (Å²) in [5.74, 6) is 0.362. The summed E-state index contributed by atoms with van der Waals surface area (Å²) in [7, 11) is -3.34. The van der Waals surface area contributed by atoms with E-state index in [1.807, 2.05) is 0 Å². The van der Waals surface area contributed by atoms with E-state index in [0.717, 1.165) is 0 Å². The molecular weight excluding hydrogens is 446 g/mol. The second-order valence-electron chi connectivity index (χ2n) is 7.79. The first-order valence-electron chi connectivity index (χ1n) is 10.6. The van der Waals surface area contributed by atoms with E-state index in [2.05, 4.69) is 20.6 Å². The molecule has 1 aliphatic heterocycles. The molecule has 172 valence electrons. The van der Waals surface area contributed by atoms with Crippen LogP contribution in [0.3, 0.4) is 0 Å². The molecule has 0 aliphatic carbocycles. The summed E-state index contributed by atoms with van der Waals surface area (Å²) in [4.78, 5) is 8.83. The Kier molecular flexibility index (Phi) is 7.10. The van der Waals surface area contributed by atoms with Gasteiger partial charge in [-0.05, 0) is 61.8 Å². The Morgan fingerprint density at radius 2 is 1.64 bits per heavy atom. The molecule has 0 unspecified atom stereocenters. The third-order valence-corrected chi connectivity index (χ3v) is 7.75. The number of benzene rings is 2. The van der Waals surface area contributed by atoms with Crippen molar-refractivity contribution in [2.45, 2.75) is 29.4 Å². The predicted octanol–water partition coefficient (Wildman–Crippen LogP) is 4.85. The van der Waals surface area contributed by atoms with Gasteiger partial charge in [0, 0.05) is 29.2 Å². The Hall–Kier alpha value is -3.17. The molecule has 2 aromatic carbocycles. The van der Waals surface area contributed by atoms with Crippen LogP contribution in [0.2, 0.25) is 0 Å². The van der Waals surface area contributed by atoms with Crippen molar-refractivity contribution in [3.63, 3.8) is 0 Å². The van der Waals surface area contributed by atoms with Crippen LogP contribution in [0.15, 0.2) is 65.8 Å². The summed E-state index contributed by atoms with van der Waals surface area (Å²) in [6.07, 6.45) is 5.42. The monoisotopic (exact) mass is 470 g/mol. The number of hydrogen-bond donors (Lipinski definition) is 2. The Morgan fingerprint density at radius 3 is 2.30 bits per heavy atom. The van der Waals surface area contributed by atoms with Crippen LogP contribution < -0.4 is 10.6 Å². The Balaban J connectivity index is 1.39. The second-order valence-corrected chi connectivity index (χ2v) is 10.0. The highest BCUT2D eigenvalue weighted by Gasteiger charge is 2.28. The molecule has 2 N–H and O–H groups in total. The normalized spacial score (nSPS) is 15.2. The second kappa shape index (κ2) is 10.2. The molecule has 1 aromatic heterocycles. The van der Waals surface area contributed by atoms with Crippen LogP contribution >= 0.6 is 0 Å². The SMILES string of the molecule is O=S(=O)(c1ccc(Nc2ncc(C=Cc3cccc(C(F)F)c3)cn2)cc1)C1CCNCC1. The van der Waals surface area contributed by atoms with E-state index < -0.39 is 16.3 Å². The maximum absolute atomic E-state index is 12.8. The Bertz CT molecular complexity index is 1210. The van der Waals surface area contributed by atoms with E-state index in [1.165, 1.54) is 12.1 Å². The zero-order chi connectivity index (χ0) is 23.3. The number of aromatic nitrogens is 2. The van der Waals surface area contributed by atoms with E-state index in [1.54, 1.807) is 60.9 Å². The number of nitrogens with one attached hydrogen (secondary N) is 2. The first-order valence-corrected chi connectivity index (χ1v) is 12.2. The molecule has 9 heteroatoms. The number of rotatable bonds is 7. The van der Waals surface area contributed by atoms with Crippen LogP contribution in [0.4, 0.5) is 20.4 Å². The van der Waals surface area contributed by atoms with Crippen molar-refractivity contribution in [3.05, 3.63) is 77.6 Å². The largest absolute Gasteiger partial charge is 0.324 e. The molecule has 0 amide bonds. The lowest BCUT2D eigenvalue weighted by atomic mass is 10.1. The lowest BCUT2D eigenvalue weighted by Crippen LogP contribution is -2.35. The number of piperidine rings is 1. The number of nitrogens with zero attached hydrogens (tertiary/aromatic N) is 2. The topological polar surface area (TPSA) is 84.0 Å². The van der Waals surface area contributed by atoms with E-state index in [4.69, 9.17) is 0 Å². The van der Waals surface area contributed by atoms with E-state index in [9.17, 15) is 17.2 Å². The van der Waals surface area contributed by atoms with Crippen molar-refractivity contribution in [1.82, 2.24) is 15.3 Å². The molecule has 0 spiro atoms. The van der Waals surface area contributed by atoms with Gasteiger partial charge in [0.1, 0.15) is 0 Å². The van der Waals surface area contributed by atoms with Gasteiger partial charge in [-0.3, -0.25) is 0 Å². The van der Waals surface area contributed by atoms with Gasteiger partial charge in [-0.2, -0.15) is 0 Å². The zero-order valence-electron chi connectivity index (χ0n) is 17.8. The summed E-state index contributed by atoms with van der Waals surface area (Å²) in [5.41, 5.74) is 2.02. The molecule has 1 saturated heterocycles. The summed E-state index contributed by atoms with van der Waals surface area (Å²) in [6, 6.07) is 12.8. The van der Waals surface area contributed by atoms with Crippen molar-refractivity contribution < 1.29 is 17.2 Å². The average Bonchev–Trinajstić information content (AvgIpc) is 2.85. The molecule has 3 aromatic rings. The molecule has 0 radical (unpaired) electrons. The fourth-order valence-corrected chi connectivity index (χ4v) is 5.39. The smallest absolute Gasteiger partial charge is 0.263 e. The summed E-state index contributed by atoms with van der Waals surface area (Å²) in [5, 5.41) is 5.88. The maximum atomic E-state index is 12.8. The number of halogens is 2. The van der Waals surface area contributed by atoms with Gasteiger partial charge in [-0.25, -0.2) is 27.2 Å². The quantitative estimate of drug-likeness (QED) is 0.513. The van der Waals surface area contributed by atoms with Crippen LogP contribution in [0.25, 0.3) is 12.2 Å². The van der Waals surface area contributed by atoms with Gasteiger partial charge in [0.15, 0.2) is 9.84 Å². The average molecular weight is 471 g/mol. The molecular formula is C24H24F2N4O2S. The van der Waals surface area contributed by atoms with Gasteiger partial charge >= 0.3 is 0 Å². The minimum absolute atomic E-state index is 0.0254. The first-order chi connectivity index (χ1) is 15.9. The molecule has 2 heterocycles. The minimum Gasteiger partial charge on any atom is -0.324 e. The van der Waals surface area contributed by atoms with Crippen LogP contribution in [0.1, 0.15) is 36.0 Å². The van der Waals surface area contributed by atoms with Crippen LogP contribution in [-0.4, -0.2) is 36.7 Å². The lowest BCUT2D eigenvalue weighted by Gasteiger charge is -2.22. The Labute approximate surface area is 191 Å². The van der Waals surface area contributed by atoms with Gasteiger partial charge in [0.2, 0.25) is 5.95 Å². The third kappa shape index (κ3) is 5.80. The first kappa shape index (κ1) is 23.0. The van der Waals surface area contributed by atoms with Crippen molar-refractivity contribution in [2.75, 3.05) is 18.4 Å². The molecule has 6 nitrogen and oxygen atoms in total. The van der Waals surface area contributed by atoms with Gasteiger partial charge < -0.3 is 10.6 Å². The summed E-state index contributed by atoms with van der Waals surface area (Å²) < 4.78 is 51.2. The van der Waals surface area contributed by atoms with Gasteiger partial charge in [-0.15, -0.1) is 0 Å². The molecule has 0 bridgehead atoms. The van der Waals surface area contributed by atoms with Crippen molar-refractivity contribution in [3.8, 4) is 0 Å². The van der Waals surface area contributed by atoms with Gasteiger partial charge in [0.05, 0.1) is 10.1 Å². The summed E-state index contributed by atoms with van der Waals surface area (Å²) >= 11 is 0. The highest BCUT2D eigenvalue weighted by Crippen LogP contribution is 2.24. The van der Waals surface area contributed by atoms with Gasteiger partial charge in [0.25, 0.3) is 6.43 Å². The van der Waals surface area contributed by atoms with Crippen molar-refractivity contribution >= 4 is 33.6 Å². The van der Waals surface area contributed by atoms with Gasteiger partial charge in [-0.1, -0.05) is 30.4 Å². The maximum Gasteiger partial charge on any atom is 0.263 e. The fourth-order valence-electron chi connectivity index (χ4n) is 3.63. The standard InChI is InChI=1S/C24H24F2N4O2S/c25-23(26)19-3-1-2-17(14-19)4-5-18-15-28-24(29-16-18)30-20-6-8-21(9-7-20)33(31,32)22-10-12-27-13-11-22/h1-9,14-16,22-23,27H,10-13H2,(H,28,29,30). The highest BCUT2D eigenvalue weighted by molar-refractivity contribution is 7.92. The van der Waals surface area contributed by atoms with Crippen LogP contribution in [0, 0.1) is 0 Å².